The predicted octanol–water partition coefficient (Wildman–Crippen LogP) is 1.77. The van der Waals surface area contributed by atoms with Crippen molar-refractivity contribution < 1.29 is 9.53 Å². The van der Waals surface area contributed by atoms with Crippen molar-refractivity contribution in [2.24, 2.45) is 11.7 Å². The first-order valence-electron chi connectivity index (χ1n) is 6.57. The second-order valence-corrected chi connectivity index (χ2v) is 5.21. The third kappa shape index (κ3) is 2.54. The summed E-state index contributed by atoms with van der Waals surface area (Å²) in [5, 5.41) is 0. The van der Waals surface area contributed by atoms with Crippen LogP contribution in [-0.2, 0) is 6.54 Å². The van der Waals surface area contributed by atoms with E-state index in [0.717, 1.165) is 18.5 Å². The van der Waals surface area contributed by atoms with Crippen molar-refractivity contribution >= 4 is 22.9 Å². The average molecular weight is 276 g/mol. The molecule has 6 nitrogen and oxygen atoms in total. The van der Waals surface area contributed by atoms with Gasteiger partial charge in [0.25, 0.3) is 0 Å². The number of hydrogen-bond donors (Lipinski definition) is 2. The SMILES string of the molecule is COc1cc(C(N)=O)cc2nc(N)n(CCC(C)C)c12. The molecule has 20 heavy (non-hydrogen) atoms. The molecule has 1 aromatic carbocycles. The van der Waals surface area contributed by atoms with Gasteiger partial charge in [-0.05, 0) is 24.5 Å². The smallest absolute Gasteiger partial charge is 0.248 e. The molecule has 2 rings (SSSR count). The van der Waals surface area contributed by atoms with Crippen LogP contribution in [0.4, 0.5) is 5.95 Å². The van der Waals surface area contributed by atoms with Gasteiger partial charge in [0.15, 0.2) is 0 Å². The number of aromatic nitrogens is 2. The van der Waals surface area contributed by atoms with Gasteiger partial charge in [-0.25, -0.2) is 4.98 Å². The number of carbonyl (C=O) groups is 1. The number of rotatable bonds is 5. The molecule has 0 spiro atoms. The number of nitrogens with two attached hydrogens (primary N) is 2. The van der Waals surface area contributed by atoms with Crippen LogP contribution in [0, 0.1) is 5.92 Å². The molecule has 6 heteroatoms. The molecule has 2 aromatic rings. The molecule has 1 aromatic heterocycles. The monoisotopic (exact) mass is 276 g/mol. The molecule has 0 unspecified atom stereocenters. The lowest BCUT2D eigenvalue weighted by Gasteiger charge is -2.11. The molecule has 1 amide bonds. The van der Waals surface area contributed by atoms with Gasteiger partial charge in [0.05, 0.1) is 12.6 Å². The third-order valence-corrected chi connectivity index (χ3v) is 3.27. The fourth-order valence-corrected chi connectivity index (χ4v) is 2.16. The number of benzene rings is 1. The minimum absolute atomic E-state index is 0.364. The predicted molar refractivity (Wildman–Crippen MR) is 78.7 cm³/mol. The van der Waals surface area contributed by atoms with Gasteiger partial charge >= 0.3 is 0 Å². The van der Waals surface area contributed by atoms with Crippen LogP contribution in [0.15, 0.2) is 12.1 Å². The maximum absolute atomic E-state index is 11.3. The summed E-state index contributed by atoms with van der Waals surface area (Å²) in [4.78, 5) is 15.6. The number of hydrogen-bond acceptors (Lipinski definition) is 4. The molecule has 0 bridgehead atoms. The zero-order chi connectivity index (χ0) is 14.9. The molecule has 0 radical (unpaired) electrons. The molecule has 4 N–H and O–H groups in total. The Balaban J connectivity index is 2.59. The fraction of sp³-hybridized carbons (Fsp3) is 0.429. The number of carbonyl (C=O) groups excluding carboxylic acids is 1. The molecule has 0 aliphatic carbocycles. The Hall–Kier alpha value is -2.24. The number of aryl methyl sites for hydroxylation is 1. The first-order valence-corrected chi connectivity index (χ1v) is 6.57. The molecule has 0 aliphatic rings. The van der Waals surface area contributed by atoms with E-state index in [1.807, 2.05) is 4.57 Å². The molecular formula is C14H20N4O2. The molecule has 0 atom stereocenters. The molecule has 0 saturated carbocycles. The first kappa shape index (κ1) is 14.2. The van der Waals surface area contributed by atoms with Crippen molar-refractivity contribution in [3.63, 3.8) is 0 Å². The number of primary amides is 1. The Morgan fingerprint density at radius 1 is 1.45 bits per heavy atom. The molecule has 108 valence electrons. The Kier molecular flexibility index (Phi) is 3.83. The minimum atomic E-state index is -0.513. The summed E-state index contributed by atoms with van der Waals surface area (Å²) in [5.41, 5.74) is 13.1. The van der Waals surface area contributed by atoms with E-state index in [0.29, 0.717) is 28.7 Å². The van der Waals surface area contributed by atoms with E-state index in [4.69, 9.17) is 16.2 Å². The van der Waals surface area contributed by atoms with E-state index in [2.05, 4.69) is 18.8 Å². The summed E-state index contributed by atoms with van der Waals surface area (Å²) < 4.78 is 7.27. The lowest BCUT2D eigenvalue weighted by atomic mass is 10.1. The van der Waals surface area contributed by atoms with Crippen molar-refractivity contribution in [3.05, 3.63) is 17.7 Å². The van der Waals surface area contributed by atoms with Crippen LogP contribution in [0.5, 0.6) is 5.75 Å². The van der Waals surface area contributed by atoms with Gasteiger partial charge in [0.1, 0.15) is 11.3 Å². The van der Waals surface area contributed by atoms with Gasteiger partial charge in [-0.15, -0.1) is 0 Å². The highest BCUT2D eigenvalue weighted by Crippen LogP contribution is 2.30. The van der Waals surface area contributed by atoms with E-state index in [1.54, 1.807) is 19.2 Å². The summed E-state index contributed by atoms with van der Waals surface area (Å²) in [7, 11) is 1.55. The van der Waals surface area contributed by atoms with Gasteiger partial charge in [0.2, 0.25) is 11.9 Å². The summed E-state index contributed by atoms with van der Waals surface area (Å²) in [6, 6.07) is 3.26. The molecular weight excluding hydrogens is 256 g/mol. The Bertz CT molecular complexity index is 646. The largest absolute Gasteiger partial charge is 0.494 e. The van der Waals surface area contributed by atoms with Crippen LogP contribution in [0.1, 0.15) is 30.6 Å². The van der Waals surface area contributed by atoms with Crippen molar-refractivity contribution in [1.82, 2.24) is 9.55 Å². The lowest BCUT2D eigenvalue weighted by Crippen LogP contribution is -2.11. The van der Waals surface area contributed by atoms with Crippen LogP contribution in [0.3, 0.4) is 0 Å². The summed E-state index contributed by atoms with van der Waals surface area (Å²) in [6.07, 6.45) is 0.983. The van der Waals surface area contributed by atoms with Crippen LogP contribution < -0.4 is 16.2 Å². The number of amides is 1. The maximum atomic E-state index is 11.3. The second kappa shape index (κ2) is 5.40. The minimum Gasteiger partial charge on any atom is -0.494 e. The van der Waals surface area contributed by atoms with E-state index >= 15 is 0 Å². The Labute approximate surface area is 117 Å². The van der Waals surface area contributed by atoms with E-state index in [1.165, 1.54) is 0 Å². The Morgan fingerprint density at radius 2 is 2.15 bits per heavy atom. The van der Waals surface area contributed by atoms with E-state index < -0.39 is 5.91 Å². The maximum Gasteiger partial charge on any atom is 0.248 e. The van der Waals surface area contributed by atoms with Crippen LogP contribution >= 0.6 is 0 Å². The highest BCUT2D eigenvalue weighted by Gasteiger charge is 2.16. The van der Waals surface area contributed by atoms with Crippen LogP contribution in [0.2, 0.25) is 0 Å². The number of nitrogen functional groups attached to an aromatic ring is 1. The van der Waals surface area contributed by atoms with Gasteiger partial charge in [-0.1, -0.05) is 13.8 Å². The Morgan fingerprint density at radius 3 is 2.70 bits per heavy atom. The topological polar surface area (TPSA) is 96.2 Å². The standard InChI is InChI=1S/C14H20N4O2/c1-8(2)4-5-18-12-10(17-14(18)16)6-9(13(15)19)7-11(12)20-3/h6-8H,4-5H2,1-3H3,(H2,15,19)(H2,16,17). The zero-order valence-electron chi connectivity index (χ0n) is 12.0. The number of ether oxygens (including phenoxy) is 1. The number of fused-ring (bicyclic) bond motifs is 1. The highest BCUT2D eigenvalue weighted by atomic mass is 16.5. The van der Waals surface area contributed by atoms with Crippen LogP contribution in [-0.4, -0.2) is 22.6 Å². The molecule has 1 heterocycles. The van der Waals surface area contributed by atoms with Crippen molar-refractivity contribution in [2.75, 3.05) is 12.8 Å². The highest BCUT2D eigenvalue weighted by molar-refractivity contribution is 5.98. The molecule has 0 fully saturated rings. The second-order valence-electron chi connectivity index (χ2n) is 5.21. The number of anilines is 1. The molecule has 0 aliphatic heterocycles. The summed E-state index contributed by atoms with van der Waals surface area (Å²) in [6.45, 7) is 5.06. The zero-order valence-corrected chi connectivity index (χ0v) is 12.0. The van der Waals surface area contributed by atoms with E-state index in [9.17, 15) is 4.79 Å². The van der Waals surface area contributed by atoms with Crippen molar-refractivity contribution in [2.45, 2.75) is 26.8 Å². The lowest BCUT2D eigenvalue weighted by molar-refractivity contribution is 0.1000. The number of methoxy groups -OCH3 is 1. The normalized spacial score (nSPS) is 11.2. The number of nitrogens with zero attached hydrogens (tertiary/aromatic N) is 2. The summed E-state index contributed by atoms with van der Waals surface area (Å²) in [5.74, 6) is 1.02. The van der Waals surface area contributed by atoms with Gasteiger partial charge in [-0.2, -0.15) is 0 Å². The van der Waals surface area contributed by atoms with Gasteiger partial charge < -0.3 is 20.8 Å². The third-order valence-electron chi connectivity index (χ3n) is 3.27. The quantitative estimate of drug-likeness (QED) is 0.869. The average Bonchev–Trinajstić information content (AvgIpc) is 2.70. The van der Waals surface area contributed by atoms with Gasteiger partial charge in [0, 0.05) is 12.1 Å². The van der Waals surface area contributed by atoms with Crippen molar-refractivity contribution in [3.8, 4) is 5.75 Å². The van der Waals surface area contributed by atoms with E-state index in [-0.39, 0.29) is 0 Å². The molecule has 0 saturated heterocycles. The van der Waals surface area contributed by atoms with Crippen molar-refractivity contribution in [1.29, 1.82) is 0 Å². The fourth-order valence-electron chi connectivity index (χ4n) is 2.16. The summed E-state index contributed by atoms with van der Waals surface area (Å²) >= 11 is 0. The van der Waals surface area contributed by atoms with Gasteiger partial charge in [-0.3, -0.25) is 4.79 Å². The number of imidazole rings is 1. The van der Waals surface area contributed by atoms with Crippen LogP contribution in [0.25, 0.3) is 11.0 Å². The first-order chi connectivity index (χ1) is 9.43.